The summed E-state index contributed by atoms with van der Waals surface area (Å²) in [5.74, 6) is 0.921. The van der Waals surface area contributed by atoms with Crippen LogP contribution >= 0.6 is 0 Å². The molecule has 0 saturated heterocycles. The highest BCUT2D eigenvalue weighted by atomic mass is 32.2. The lowest BCUT2D eigenvalue weighted by Gasteiger charge is -1.99. The fraction of sp³-hybridized carbons (Fsp3) is 0.0909. The minimum atomic E-state index is -5.84. The maximum absolute atomic E-state index is 10.7. The van der Waals surface area contributed by atoms with Gasteiger partial charge in [-0.25, -0.2) is 4.98 Å². The Morgan fingerprint density at radius 3 is 2.32 bits per heavy atom. The van der Waals surface area contributed by atoms with Crippen molar-refractivity contribution in [1.29, 1.82) is 5.26 Å². The van der Waals surface area contributed by atoms with Crippen molar-refractivity contribution in [3.05, 3.63) is 36.1 Å². The van der Waals surface area contributed by atoms with E-state index >= 15 is 0 Å². The van der Waals surface area contributed by atoms with Crippen LogP contribution in [-0.2, 0) is 10.1 Å². The second-order valence-electron chi connectivity index (χ2n) is 3.64. The van der Waals surface area contributed by atoms with Gasteiger partial charge in [-0.05, 0) is 24.3 Å². The first-order chi connectivity index (χ1) is 10.1. The van der Waals surface area contributed by atoms with Crippen molar-refractivity contribution < 1.29 is 30.6 Å². The summed E-state index contributed by atoms with van der Waals surface area (Å²) < 4.78 is 62.7. The summed E-state index contributed by atoms with van der Waals surface area (Å²) in [6.07, 6.45) is 1.53. The van der Waals surface area contributed by atoms with Crippen LogP contribution in [0.1, 0.15) is 5.56 Å². The standard InChI is InChI=1S/C10H7N3O.CHF3O3S/c11-6-7-3-4-9(12)13-10(7)8-2-1-5-14-8;2-1(3,4)8(5,6)7/h1-5H,(H2,12,13);(H,5,6,7). The Labute approximate surface area is 122 Å². The monoisotopic (exact) mass is 335 g/mol. The number of pyridine rings is 1. The van der Waals surface area contributed by atoms with Crippen LogP contribution in [0.2, 0.25) is 0 Å². The molecule has 0 atom stereocenters. The Hall–Kier alpha value is -2.58. The van der Waals surface area contributed by atoms with Crippen LogP contribution in [0.3, 0.4) is 0 Å². The van der Waals surface area contributed by atoms with Crippen molar-refractivity contribution in [2.45, 2.75) is 5.51 Å². The predicted octanol–water partition coefficient (Wildman–Crippen LogP) is 2.19. The Morgan fingerprint density at radius 2 is 1.91 bits per heavy atom. The van der Waals surface area contributed by atoms with Crippen LogP contribution in [0.4, 0.5) is 19.0 Å². The molecule has 0 aliphatic heterocycles. The SMILES string of the molecule is N#Cc1ccc(N)nc1-c1ccco1.O=S(=O)(O)C(F)(F)F. The second kappa shape index (κ2) is 6.46. The van der Waals surface area contributed by atoms with E-state index in [0.717, 1.165) is 0 Å². The van der Waals surface area contributed by atoms with Crippen LogP contribution in [-0.4, -0.2) is 23.5 Å². The van der Waals surface area contributed by atoms with Gasteiger partial charge in [0, 0.05) is 0 Å². The smallest absolute Gasteiger partial charge is 0.463 e. The van der Waals surface area contributed by atoms with Gasteiger partial charge in [0.25, 0.3) is 0 Å². The van der Waals surface area contributed by atoms with Crippen LogP contribution in [0, 0.1) is 11.3 Å². The number of nitrogen functional groups attached to an aromatic ring is 1. The van der Waals surface area contributed by atoms with E-state index in [1.807, 2.05) is 6.07 Å². The Bertz CT molecular complexity index is 780. The molecule has 0 unspecified atom stereocenters. The highest BCUT2D eigenvalue weighted by molar-refractivity contribution is 7.86. The zero-order valence-corrected chi connectivity index (χ0v) is 11.4. The third-order valence-corrected chi connectivity index (χ3v) is 2.67. The Kier molecular flexibility index (Phi) is 5.13. The first kappa shape index (κ1) is 17.5. The van der Waals surface area contributed by atoms with Gasteiger partial charge in [0.1, 0.15) is 17.6 Å². The van der Waals surface area contributed by atoms with Crippen LogP contribution in [0.5, 0.6) is 0 Å². The normalized spacial score (nSPS) is 11.2. The quantitative estimate of drug-likeness (QED) is 0.603. The fourth-order valence-corrected chi connectivity index (χ4v) is 1.17. The fourth-order valence-electron chi connectivity index (χ4n) is 1.17. The Balaban J connectivity index is 0.000000261. The summed E-state index contributed by atoms with van der Waals surface area (Å²) in [4.78, 5) is 4.05. The second-order valence-corrected chi connectivity index (χ2v) is 5.06. The molecule has 0 fully saturated rings. The van der Waals surface area contributed by atoms with Gasteiger partial charge in [0.2, 0.25) is 0 Å². The van der Waals surface area contributed by atoms with E-state index in [4.69, 9.17) is 28.4 Å². The van der Waals surface area contributed by atoms with E-state index in [2.05, 4.69) is 4.98 Å². The maximum Gasteiger partial charge on any atom is 0.522 e. The molecule has 0 aliphatic carbocycles. The molecule has 22 heavy (non-hydrogen) atoms. The lowest BCUT2D eigenvalue weighted by Crippen LogP contribution is -2.21. The van der Waals surface area contributed by atoms with E-state index in [1.54, 1.807) is 24.3 Å². The number of nitriles is 1. The van der Waals surface area contributed by atoms with E-state index < -0.39 is 15.6 Å². The summed E-state index contributed by atoms with van der Waals surface area (Å²) in [5, 5.41) is 8.84. The van der Waals surface area contributed by atoms with Crippen molar-refractivity contribution in [1.82, 2.24) is 4.98 Å². The third-order valence-electron chi connectivity index (χ3n) is 2.08. The number of hydrogen-bond donors (Lipinski definition) is 2. The molecule has 0 aliphatic rings. The lowest BCUT2D eigenvalue weighted by atomic mass is 10.2. The number of halogens is 3. The van der Waals surface area contributed by atoms with Crippen LogP contribution in [0.25, 0.3) is 11.5 Å². The van der Waals surface area contributed by atoms with Gasteiger partial charge < -0.3 is 10.2 Å². The molecular weight excluding hydrogens is 327 g/mol. The number of rotatable bonds is 1. The van der Waals surface area contributed by atoms with Crippen molar-refractivity contribution in [3.8, 4) is 17.5 Å². The molecule has 2 aromatic rings. The number of anilines is 1. The van der Waals surface area contributed by atoms with Crippen molar-refractivity contribution in [2.75, 3.05) is 5.73 Å². The summed E-state index contributed by atoms with van der Waals surface area (Å²) >= 11 is 0. The van der Waals surface area contributed by atoms with E-state index in [9.17, 15) is 13.2 Å². The first-order valence-electron chi connectivity index (χ1n) is 5.30. The van der Waals surface area contributed by atoms with Gasteiger partial charge in [-0.1, -0.05) is 0 Å². The number of hydrogen-bond acceptors (Lipinski definition) is 6. The molecule has 3 N–H and O–H groups in total. The molecule has 0 aromatic carbocycles. The van der Waals surface area contributed by atoms with Gasteiger partial charge >= 0.3 is 15.6 Å². The molecule has 2 heterocycles. The molecule has 7 nitrogen and oxygen atoms in total. The largest absolute Gasteiger partial charge is 0.522 e. The predicted molar refractivity (Wildman–Crippen MR) is 68.7 cm³/mol. The van der Waals surface area contributed by atoms with Crippen molar-refractivity contribution in [3.63, 3.8) is 0 Å². The van der Waals surface area contributed by atoms with Gasteiger partial charge in [-0.15, -0.1) is 0 Å². The number of furan rings is 1. The van der Waals surface area contributed by atoms with Crippen LogP contribution < -0.4 is 5.73 Å². The minimum Gasteiger partial charge on any atom is -0.463 e. The van der Waals surface area contributed by atoms with E-state index in [0.29, 0.717) is 22.8 Å². The molecule has 0 radical (unpaired) electrons. The van der Waals surface area contributed by atoms with Gasteiger partial charge in [-0.3, -0.25) is 4.55 Å². The first-order valence-corrected chi connectivity index (χ1v) is 6.74. The topological polar surface area (TPSA) is 130 Å². The molecule has 2 aromatic heterocycles. The molecule has 0 saturated carbocycles. The number of alkyl halides is 3. The third kappa shape index (κ3) is 4.47. The molecule has 11 heteroatoms. The molecule has 0 spiro atoms. The molecular formula is C11H8F3N3O4S. The highest BCUT2D eigenvalue weighted by Gasteiger charge is 2.44. The Morgan fingerprint density at radius 1 is 1.32 bits per heavy atom. The zero-order chi connectivity index (χ0) is 17.0. The molecule has 0 bridgehead atoms. The zero-order valence-electron chi connectivity index (χ0n) is 10.6. The summed E-state index contributed by atoms with van der Waals surface area (Å²) in [6.45, 7) is 0. The van der Waals surface area contributed by atoms with Crippen molar-refractivity contribution in [2.24, 2.45) is 0 Å². The molecule has 2 rings (SSSR count). The van der Waals surface area contributed by atoms with Crippen molar-refractivity contribution >= 4 is 15.9 Å². The van der Waals surface area contributed by atoms with Gasteiger partial charge in [0.15, 0.2) is 5.76 Å². The number of nitrogens with zero attached hydrogens (tertiary/aromatic N) is 2. The van der Waals surface area contributed by atoms with Crippen LogP contribution in [0.15, 0.2) is 34.9 Å². The van der Waals surface area contributed by atoms with Gasteiger partial charge in [-0.2, -0.15) is 26.9 Å². The number of aromatic nitrogens is 1. The van der Waals surface area contributed by atoms with E-state index in [1.165, 1.54) is 6.26 Å². The average Bonchev–Trinajstić information content (AvgIpc) is 2.90. The summed E-state index contributed by atoms with van der Waals surface area (Å²) in [6, 6.07) is 8.72. The minimum absolute atomic E-state index is 0.371. The number of nitrogens with two attached hydrogens (primary N) is 1. The molecule has 118 valence electrons. The highest BCUT2D eigenvalue weighted by Crippen LogP contribution is 2.22. The average molecular weight is 335 g/mol. The maximum atomic E-state index is 10.7. The van der Waals surface area contributed by atoms with E-state index in [-0.39, 0.29) is 0 Å². The summed E-state index contributed by atoms with van der Waals surface area (Å²) in [5.41, 5.74) is 0.928. The molecule has 0 amide bonds. The van der Waals surface area contributed by atoms with Gasteiger partial charge in [0.05, 0.1) is 11.8 Å². The lowest BCUT2D eigenvalue weighted by molar-refractivity contribution is -0.0510. The summed E-state index contributed by atoms with van der Waals surface area (Å²) in [7, 11) is -5.84.